The topological polar surface area (TPSA) is 26.3 Å². The van der Waals surface area contributed by atoms with Gasteiger partial charge in [0.05, 0.1) is 11.6 Å². The summed E-state index contributed by atoms with van der Waals surface area (Å²) >= 11 is 11.7. The van der Waals surface area contributed by atoms with Gasteiger partial charge in [-0.2, -0.15) is 0 Å². The van der Waals surface area contributed by atoms with Gasteiger partial charge in [0, 0.05) is 17.4 Å². The van der Waals surface area contributed by atoms with E-state index in [9.17, 15) is 4.79 Å². The van der Waals surface area contributed by atoms with Crippen LogP contribution >= 0.6 is 23.2 Å². The van der Waals surface area contributed by atoms with Gasteiger partial charge in [-0.1, -0.05) is 37.0 Å². The van der Waals surface area contributed by atoms with E-state index in [1.807, 2.05) is 13.8 Å². The first-order valence-electron chi connectivity index (χ1n) is 5.11. The maximum absolute atomic E-state index is 11.3. The quantitative estimate of drug-likeness (QED) is 0.801. The number of Topliss-reactive ketones (excluding diaryl/α,β-unsaturated/α-hetero) is 1. The highest BCUT2D eigenvalue weighted by Crippen LogP contribution is 2.27. The Hall–Kier alpha value is -0.730. The maximum Gasteiger partial charge on any atom is 0.138 e. The maximum atomic E-state index is 11.3. The van der Waals surface area contributed by atoms with Gasteiger partial charge in [0.2, 0.25) is 0 Å². The van der Waals surface area contributed by atoms with E-state index in [-0.39, 0.29) is 11.7 Å². The molecule has 4 heteroatoms. The summed E-state index contributed by atoms with van der Waals surface area (Å²) in [6, 6.07) is 5.01. The summed E-state index contributed by atoms with van der Waals surface area (Å²) in [4.78, 5) is 11.3. The smallest absolute Gasteiger partial charge is 0.138 e. The highest BCUT2D eigenvalue weighted by atomic mass is 35.5. The highest BCUT2D eigenvalue weighted by molar-refractivity contribution is 6.35. The van der Waals surface area contributed by atoms with Crippen LogP contribution in [-0.2, 0) is 4.79 Å². The fraction of sp³-hybridized carbons (Fsp3) is 0.417. The zero-order valence-electron chi connectivity index (χ0n) is 9.30. The average molecular weight is 261 g/mol. The Balaban J connectivity index is 2.46. The average Bonchev–Trinajstić information content (AvgIpc) is 2.20. The molecule has 1 aromatic carbocycles. The van der Waals surface area contributed by atoms with E-state index < -0.39 is 0 Å². The first-order valence-corrected chi connectivity index (χ1v) is 5.87. The monoisotopic (exact) mass is 260 g/mol. The Morgan fingerprint density at radius 1 is 1.38 bits per heavy atom. The number of halogens is 2. The largest absolute Gasteiger partial charge is 0.492 e. The zero-order chi connectivity index (χ0) is 12.1. The van der Waals surface area contributed by atoms with Crippen molar-refractivity contribution in [3.63, 3.8) is 0 Å². The normalized spacial score (nSPS) is 10.6. The molecule has 0 aromatic heterocycles. The molecule has 0 bridgehead atoms. The Morgan fingerprint density at radius 3 is 2.62 bits per heavy atom. The van der Waals surface area contributed by atoms with Gasteiger partial charge in [-0.15, -0.1) is 0 Å². The van der Waals surface area contributed by atoms with Crippen molar-refractivity contribution in [1.82, 2.24) is 0 Å². The van der Waals surface area contributed by atoms with Crippen LogP contribution < -0.4 is 4.74 Å². The van der Waals surface area contributed by atoms with Crippen LogP contribution in [0.5, 0.6) is 5.75 Å². The first kappa shape index (κ1) is 13.3. The second kappa shape index (κ2) is 6.12. The van der Waals surface area contributed by atoms with Crippen molar-refractivity contribution in [2.24, 2.45) is 5.92 Å². The van der Waals surface area contributed by atoms with Gasteiger partial charge in [-0.25, -0.2) is 0 Å². The number of hydrogen-bond donors (Lipinski definition) is 0. The van der Waals surface area contributed by atoms with E-state index in [0.717, 1.165) is 0 Å². The molecule has 1 rings (SSSR count). The lowest BCUT2D eigenvalue weighted by Crippen LogP contribution is -2.11. The lowest BCUT2D eigenvalue weighted by molar-refractivity contribution is -0.122. The van der Waals surface area contributed by atoms with Crippen molar-refractivity contribution in [1.29, 1.82) is 0 Å². The minimum absolute atomic E-state index is 0.0456. The van der Waals surface area contributed by atoms with E-state index in [2.05, 4.69) is 0 Å². The Bertz CT molecular complexity index is 375. The van der Waals surface area contributed by atoms with Gasteiger partial charge in [-0.05, 0) is 18.2 Å². The van der Waals surface area contributed by atoms with Gasteiger partial charge in [0.1, 0.15) is 11.5 Å². The van der Waals surface area contributed by atoms with Gasteiger partial charge in [0.25, 0.3) is 0 Å². The molecule has 0 fully saturated rings. The van der Waals surface area contributed by atoms with Crippen LogP contribution in [0.4, 0.5) is 0 Å². The summed E-state index contributed by atoms with van der Waals surface area (Å²) < 4.78 is 5.40. The molecular formula is C12H14Cl2O2. The standard InChI is InChI=1S/C12H14Cl2O2/c1-8(2)11(15)5-6-16-12-4-3-9(13)7-10(12)14/h3-4,7-8H,5-6H2,1-2H3. The van der Waals surface area contributed by atoms with Gasteiger partial charge >= 0.3 is 0 Å². The third-order valence-electron chi connectivity index (χ3n) is 2.14. The minimum Gasteiger partial charge on any atom is -0.492 e. The van der Waals surface area contributed by atoms with Crippen LogP contribution in [0.3, 0.4) is 0 Å². The number of ketones is 1. The van der Waals surface area contributed by atoms with Crippen molar-refractivity contribution in [2.45, 2.75) is 20.3 Å². The summed E-state index contributed by atoms with van der Waals surface area (Å²) in [6.45, 7) is 4.09. The molecule has 0 amide bonds. The fourth-order valence-corrected chi connectivity index (χ4v) is 1.61. The molecule has 88 valence electrons. The summed E-state index contributed by atoms with van der Waals surface area (Å²) in [5.74, 6) is 0.789. The van der Waals surface area contributed by atoms with Crippen molar-refractivity contribution < 1.29 is 9.53 Å². The van der Waals surface area contributed by atoms with Crippen LogP contribution in [0.25, 0.3) is 0 Å². The van der Waals surface area contributed by atoms with Crippen molar-refractivity contribution >= 4 is 29.0 Å². The highest BCUT2D eigenvalue weighted by Gasteiger charge is 2.08. The zero-order valence-corrected chi connectivity index (χ0v) is 10.8. The van der Waals surface area contributed by atoms with Crippen molar-refractivity contribution in [2.75, 3.05) is 6.61 Å². The fourth-order valence-electron chi connectivity index (χ4n) is 1.14. The van der Waals surface area contributed by atoms with Gasteiger partial charge in [0.15, 0.2) is 0 Å². The molecule has 1 aromatic rings. The van der Waals surface area contributed by atoms with E-state index >= 15 is 0 Å². The molecule has 16 heavy (non-hydrogen) atoms. The molecule has 0 aliphatic carbocycles. The van der Waals surface area contributed by atoms with Crippen molar-refractivity contribution in [3.8, 4) is 5.75 Å². The SMILES string of the molecule is CC(C)C(=O)CCOc1ccc(Cl)cc1Cl. The minimum atomic E-state index is 0.0456. The van der Waals surface area contributed by atoms with E-state index in [0.29, 0.717) is 28.8 Å². The Morgan fingerprint density at radius 2 is 2.06 bits per heavy atom. The number of rotatable bonds is 5. The van der Waals surface area contributed by atoms with Gasteiger partial charge < -0.3 is 4.74 Å². The lowest BCUT2D eigenvalue weighted by atomic mass is 10.1. The van der Waals surface area contributed by atoms with Crippen LogP contribution in [0.2, 0.25) is 10.0 Å². The number of carbonyl (C=O) groups excluding carboxylic acids is 1. The molecule has 0 unspecified atom stereocenters. The van der Waals surface area contributed by atoms with Crippen LogP contribution in [0.1, 0.15) is 20.3 Å². The molecule has 0 radical (unpaired) electrons. The Labute approximate surface area is 106 Å². The Kier molecular flexibility index (Phi) is 5.10. The van der Waals surface area contributed by atoms with E-state index in [4.69, 9.17) is 27.9 Å². The summed E-state index contributed by atoms with van der Waals surface area (Å²) in [7, 11) is 0. The van der Waals surface area contributed by atoms with Gasteiger partial charge in [-0.3, -0.25) is 4.79 Å². The summed E-state index contributed by atoms with van der Waals surface area (Å²) in [5, 5.41) is 1.03. The molecule has 0 aliphatic rings. The van der Waals surface area contributed by atoms with E-state index in [1.165, 1.54) is 0 Å². The molecule has 0 atom stereocenters. The predicted molar refractivity (Wildman–Crippen MR) is 66.4 cm³/mol. The first-order chi connectivity index (χ1) is 7.50. The number of carbonyl (C=O) groups is 1. The number of hydrogen-bond acceptors (Lipinski definition) is 2. The van der Waals surface area contributed by atoms with Crippen molar-refractivity contribution in [3.05, 3.63) is 28.2 Å². The number of benzene rings is 1. The molecule has 0 spiro atoms. The van der Waals surface area contributed by atoms with Crippen LogP contribution in [0.15, 0.2) is 18.2 Å². The molecule has 0 heterocycles. The second-order valence-corrected chi connectivity index (χ2v) is 4.64. The molecule has 0 saturated heterocycles. The summed E-state index contributed by atoms with van der Waals surface area (Å²) in [5.41, 5.74) is 0. The molecule has 0 N–H and O–H groups in total. The lowest BCUT2D eigenvalue weighted by Gasteiger charge is -2.08. The third kappa shape index (κ3) is 4.03. The second-order valence-electron chi connectivity index (χ2n) is 3.79. The number of ether oxygens (including phenoxy) is 1. The van der Waals surface area contributed by atoms with Crippen LogP contribution in [-0.4, -0.2) is 12.4 Å². The van der Waals surface area contributed by atoms with Crippen LogP contribution in [0, 0.1) is 5.92 Å². The molecule has 0 aliphatic heterocycles. The van der Waals surface area contributed by atoms with E-state index in [1.54, 1.807) is 18.2 Å². The summed E-state index contributed by atoms with van der Waals surface area (Å²) in [6.07, 6.45) is 0.399. The third-order valence-corrected chi connectivity index (χ3v) is 2.67. The molecular weight excluding hydrogens is 247 g/mol. The predicted octanol–water partition coefficient (Wildman–Crippen LogP) is 3.99. The molecule has 0 saturated carbocycles. The molecule has 2 nitrogen and oxygen atoms in total.